The van der Waals surface area contributed by atoms with E-state index in [0.29, 0.717) is 10.2 Å². The first-order chi connectivity index (χ1) is 9.56. The van der Waals surface area contributed by atoms with E-state index >= 15 is 0 Å². The second-order valence-electron chi connectivity index (χ2n) is 3.88. The highest BCUT2D eigenvalue weighted by Crippen LogP contribution is 2.23. The zero-order valence-corrected chi connectivity index (χ0v) is 11.7. The summed E-state index contributed by atoms with van der Waals surface area (Å²) in [5.74, 6) is 0.158. The van der Waals surface area contributed by atoms with E-state index in [4.69, 9.17) is 0 Å². The molecule has 0 aliphatic heterocycles. The molecule has 0 aliphatic carbocycles. The number of nitro groups is 1. The minimum absolute atomic E-state index is 0.0296. The van der Waals surface area contributed by atoms with Crippen molar-refractivity contribution < 1.29 is 10.0 Å². The van der Waals surface area contributed by atoms with Crippen molar-refractivity contribution in [1.29, 1.82) is 0 Å². The number of anilines is 1. The SMILES string of the molecule is O=[N+]([O-])c1ccc(NN=Cc2ccc(O)c(Br)c2)cc1. The van der Waals surface area contributed by atoms with Gasteiger partial charge < -0.3 is 5.11 Å². The molecular weight excluding hydrogens is 326 g/mol. The van der Waals surface area contributed by atoms with Crippen LogP contribution in [0.15, 0.2) is 52.0 Å². The van der Waals surface area contributed by atoms with Crippen molar-refractivity contribution in [3.05, 3.63) is 62.6 Å². The average molecular weight is 336 g/mol. The zero-order valence-electron chi connectivity index (χ0n) is 10.2. The van der Waals surface area contributed by atoms with E-state index in [1.165, 1.54) is 12.1 Å². The maximum absolute atomic E-state index is 10.5. The Kier molecular flexibility index (Phi) is 4.31. The van der Waals surface area contributed by atoms with E-state index in [0.717, 1.165) is 5.56 Å². The Bertz CT molecular complexity index is 656. The van der Waals surface area contributed by atoms with Crippen LogP contribution in [0.4, 0.5) is 11.4 Å². The lowest BCUT2D eigenvalue weighted by Crippen LogP contribution is -1.92. The van der Waals surface area contributed by atoms with Crippen molar-refractivity contribution in [1.82, 2.24) is 0 Å². The van der Waals surface area contributed by atoms with Gasteiger partial charge in [-0.1, -0.05) is 0 Å². The number of nitro benzene ring substituents is 1. The zero-order chi connectivity index (χ0) is 14.5. The highest BCUT2D eigenvalue weighted by molar-refractivity contribution is 9.10. The number of non-ortho nitro benzene ring substituents is 1. The first-order valence-corrected chi connectivity index (χ1v) is 6.37. The van der Waals surface area contributed by atoms with Gasteiger partial charge in [-0.15, -0.1) is 0 Å². The molecular formula is C13H10BrN3O3. The number of hydrogen-bond acceptors (Lipinski definition) is 5. The van der Waals surface area contributed by atoms with Crippen molar-refractivity contribution in [2.45, 2.75) is 0 Å². The van der Waals surface area contributed by atoms with Crippen molar-refractivity contribution >= 4 is 33.5 Å². The third-order valence-corrected chi connectivity index (χ3v) is 3.09. The molecule has 0 amide bonds. The summed E-state index contributed by atoms with van der Waals surface area (Å²) in [4.78, 5) is 10.0. The quantitative estimate of drug-likeness (QED) is 0.508. The van der Waals surface area contributed by atoms with Crippen LogP contribution in [0.5, 0.6) is 5.75 Å². The number of nitrogens with zero attached hydrogens (tertiary/aromatic N) is 2. The van der Waals surface area contributed by atoms with Crippen LogP contribution in [0.1, 0.15) is 5.56 Å². The molecule has 20 heavy (non-hydrogen) atoms. The Labute approximate surface area is 123 Å². The molecule has 6 nitrogen and oxygen atoms in total. The highest BCUT2D eigenvalue weighted by Gasteiger charge is 2.02. The van der Waals surface area contributed by atoms with Gasteiger partial charge in [-0.25, -0.2) is 0 Å². The summed E-state index contributed by atoms with van der Waals surface area (Å²) in [5.41, 5.74) is 4.23. The summed E-state index contributed by atoms with van der Waals surface area (Å²) in [6.45, 7) is 0. The fourth-order valence-corrected chi connectivity index (χ4v) is 1.84. The Morgan fingerprint density at radius 3 is 2.55 bits per heavy atom. The summed E-state index contributed by atoms with van der Waals surface area (Å²) in [6.07, 6.45) is 1.58. The lowest BCUT2D eigenvalue weighted by molar-refractivity contribution is -0.384. The predicted molar refractivity (Wildman–Crippen MR) is 80.1 cm³/mol. The van der Waals surface area contributed by atoms with E-state index < -0.39 is 4.92 Å². The molecule has 2 N–H and O–H groups in total. The number of hydrazone groups is 1. The molecule has 0 atom stereocenters. The summed E-state index contributed by atoms with van der Waals surface area (Å²) < 4.78 is 0.580. The normalized spacial score (nSPS) is 10.7. The van der Waals surface area contributed by atoms with Crippen molar-refractivity contribution in [2.75, 3.05) is 5.43 Å². The molecule has 0 aromatic heterocycles. The minimum atomic E-state index is -0.457. The fourth-order valence-electron chi connectivity index (χ4n) is 1.44. The second-order valence-corrected chi connectivity index (χ2v) is 4.74. The fraction of sp³-hybridized carbons (Fsp3) is 0. The van der Waals surface area contributed by atoms with Crippen molar-refractivity contribution in [2.24, 2.45) is 5.10 Å². The van der Waals surface area contributed by atoms with Crippen LogP contribution >= 0.6 is 15.9 Å². The van der Waals surface area contributed by atoms with E-state index in [2.05, 4.69) is 26.5 Å². The molecule has 0 fully saturated rings. The number of nitrogens with one attached hydrogen (secondary N) is 1. The van der Waals surface area contributed by atoms with Gasteiger partial charge in [0.1, 0.15) is 5.75 Å². The van der Waals surface area contributed by atoms with Crippen LogP contribution in [-0.4, -0.2) is 16.2 Å². The first kappa shape index (κ1) is 14.0. The molecule has 0 saturated carbocycles. The maximum atomic E-state index is 10.5. The van der Waals surface area contributed by atoms with Crippen molar-refractivity contribution in [3.8, 4) is 5.75 Å². The Morgan fingerprint density at radius 1 is 1.25 bits per heavy atom. The van der Waals surface area contributed by atoms with Crippen LogP contribution in [-0.2, 0) is 0 Å². The number of rotatable bonds is 4. The largest absolute Gasteiger partial charge is 0.507 e. The molecule has 2 rings (SSSR count). The molecule has 0 aliphatic rings. The van der Waals surface area contributed by atoms with Gasteiger partial charge in [-0.3, -0.25) is 15.5 Å². The average Bonchev–Trinajstić information content (AvgIpc) is 2.43. The monoisotopic (exact) mass is 335 g/mol. The van der Waals surface area contributed by atoms with Gasteiger partial charge in [0.15, 0.2) is 0 Å². The van der Waals surface area contributed by atoms with Crippen LogP contribution < -0.4 is 5.43 Å². The maximum Gasteiger partial charge on any atom is 0.269 e. The lowest BCUT2D eigenvalue weighted by atomic mass is 10.2. The van der Waals surface area contributed by atoms with E-state index in [1.807, 2.05) is 0 Å². The lowest BCUT2D eigenvalue weighted by Gasteiger charge is -2.00. The van der Waals surface area contributed by atoms with E-state index in [9.17, 15) is 15.2 Å². The number of benzene rings is 2. The predicted octanol–water partition coefficient (Wildman–Crippen LogP) is 3.51. The number of aromatic hydroxyl groups is 1. The molecule has 0 heterocycles. The first-order valence-electron chi connectivity index (χ1n) is 5.58. The standard InChI is InChI=1S/C13H10BrN3O3/c14-12-7-9(1-6-13(12)18)8-15-16-10-2-4-11(5-3-10)17(19)20/h1-8,16,18H. The molecule has 102 valence electrons. The molecule has 2 aromatic rings. The number of phenolic OH excluding ortho intramolecular Hbond substituents is 1. The van der Waals surface area contributed by atoms with Crippen LogP contribution in [0, 0.1) is 10.1 Å². The summed E-state index contributed by atoms with van der Waals surface area (Å²) in [5, 5.41) is 23.9. The van der Waals surface area contributed by atoms with Gasteiger partial charge in [-0.05, 0) is 51.8 Å². The highest BCUT2D eigenvalue weighted by atomic mass is 79.9. The molecule has 0 bridgehead atoms. The third kappa shape index (κ3) is 3.55. The smallest absolute Gasteiger partial charge is 0.269 e. The summed E-state index contributed by atoms with van der Waals surface area (Å²) in [7, 11) is 0. The summed E-state index contributed by atoms with van der Waals surface area (Å²) >= 11 is 3.21. The topological polar surface area (TPSA) is 87.8 Å². The van der Waals surface area contributed by atoms with Gasteiger partial charge in [-0.2, -0.15) is 5.10 Å². The van der Waals surface area contributed by atoms with Crippen LogP contribution in [0.3, 0.4) is 0 Å². The molecule has 7 heteroatoms. The minimum Gasteiger partial charge on any atom is -0.507 e. The van der Waals surface area contributed by atoms with Gasteiger partial charge in [0.05, 0.1) is 21.3 Å². The molecule has 2 aromatic carbocycles. The van der Waals surface area contributed by atoms with Crippen LogP contribution in [0.2, 0.25) is 0 Å². The number of halogens is 1. The van der Waals surface area contributed by atoms with Crippen LogP contribution in [0.25, 0.3) is 0 Å². The second kappa shape index (κ2) is 6.16. The Balaban J connectivity index is 2.02. The Morgan fingerprint density at radius 2 is 1.95 bits per heavy atom. The Hall–Kier alpha value is -2.41. The van der Waals surface area contributed by atoms with Crippen molar-refractivity contribution in [3.63, 3.8) is 0 Å². The molecule has 0 spiro atoms. The number of phenols is 1. The van der Waals surface area contributed by atoms with Gasteiger partial charge in [0.25, 0.3) is 5.69 Å². The molecule has 0 radical (unpaired) electrons. The van der Waals surface area contributed by atoms with Gasteiger partial charge in [0.2, 0.25) is 0 Å². The third-order valence-electron chi connectivity index (χ3n) is 2.46. The molecule has 0 unspecified atom stereocenters. The van der Waals surface area contributed by atoms with E-state index in [1.54, 1.807) is 36.5 Å². The molecule has 0 saturated heterocycles. The summed E-state index contributed by atoms with van der Waals surface area (Å²) in [6, 6.07) is 10.9. The number of hydrogen-bond donors (Lipinski definition) is 2. The van der Waals surface area contributed by atoms with Gasteiger partial charge >= 0.3 is 0 Å². The van der Waals surface area contributed by atoms with E-state index in [-0.39, 0.29) is 11.4 Å². The van der Waals surface area contributed by atoms with Gasteiger partial charge in [0, 0.05) is 12.1 Å².